The van der Waals surface area contributed by atoms with Crippen molar-refractivity contribution in [1.82, 2.24) is 0 Å². The number of hydrogen-bond acceptors (Lipinski definition) is 6. The normalized spacial score (nSPS) is 10.2. The lowest BCUT2D eigenvalue weighted by Crippen LogP contribution is -2.12. The summed E-state index contributed by atoms with van der Waals surface area (Å²) >= 11 is 0. The van der Waals surface area contributed by atoms with Gasteiger partial charge in [0.1, 0.15) is 0 Å². The Morgan fingerprint density at radius 1 is 1.10 bits per heavy atom. The van der Waals surface area contributed by atoms with Gasteiger partial charge in [-0.3, -0.25) is 0 Å². The average molecular weight is 280 g/mol. The fraction of sp³-hybridized carbons (Fsp3) is 0.286. The molecule has 0 unspecified atom stereocenters. The number of esters is 2. The second kappa shape index (κ2) is 7.83. The van der Waals surface area contributed by atoms with Crippen molar-refractivity contribution in [2.45, 2.75) is 0 Å². The lowest BCUT2D eigenvalue weighted by molar-refractivity contribution is -0.143. The van der Waals surface area contributed by atoms with Crippen LogP contribution in [0.25, 0.3) is 6.08 Å². The monoisotopic (exact) mass is 280 g/mol. The van der Waals surface area contributed by atoms with Crippen molar-refractivity contribution in [1.29, 1.82) is 0 Å². The van der Waals surface area contributed by atoms with Gasteiger partial charge in [0.05, 0.1) is 21.3 Å². The minimum Gasteiger partial charge on any atom is -0.493 e. The molecule has 0 spiro atoms. The Balaban J connectivity index is 2.82. The molecule has 0 amide bonds. The van der Waals surface area contributed by atoms with Crippen LogP contribution in [0.1, 0.15) is 5.56 Å². The number of rotatable bonds is 6. The van der Waals surface area contributed by atoms with E-state index >= 15 is 0 Å². The summed E-state index contributed by atoms with van der Waals surface area (Å²) in [4.78, 5) is 22.0. The Labute approximate surface area is 116 Å². The molecule has 1 aromatic rings. The highest BCUT2D eigenvalue weighted by molar-refractivity contribution is 5.87. The first-order chi connectivity index (χ1) is 9.60. The minimum atomic E-state index is -0.485. The quantitative estimate of drug-likeness (QED) is 0.580. The standard InChI is InChI=1S/C14H16O6/c1-17-12-8-10(5-7-13(15)18-2)4-6-11(12)20-9-14(16)19-3/h4-8H,9H2,1-3H3. The van der Waals surface area contributed by atoms with Crippen LogP contribution in [0.3, 0.4) is 0 Å². The molecule has 0 aliphatic carbocycles. The number of carbonyl (C=O) groups excluding carboxylic acids is 2. The Morgan fingerprint density at radius 3 is 2.45 bits per heavy atom. The molecule has 0 saturated carbocycles. The average Bonchev–Trinajstić information content (AvgIpc) is 2.50. The molecule has 20 heavy (non-hydrogen) atoms. The van der Waals surface area contributed by atoms with Gasteiger partial charge < -0.3 is 18.9 Å². The zero-order valence-corrected chi connectivity index (χ0v) is 11.5. The molecule has 0 aliphatic heterocycles. The topological polar surface area (TPSA) is 71.1 Å². The zero-order valence-electron chi connectivity index (χ0n) is 11.5. The Hall–Kier alpha value is -2.50. The van der Waals surface area contributed by atoms with Gasteiger partial charge in [0, 0.05) is 6.08 Å². The summed E-state index contributed by atoms with van der Waals surface area (Å²) in [5.74, 6) is -0.0780. The smallest absolute Gasteiger partial charge is 0.343 e. The summed E-state index contributed by atoms with van der Waals surface area (Å²) in [6.45, 7) is -0.204. The van der Waals surface area contributed by atoms with Crippen LogP contribution in [0.5, 0.6) is 11.5 Å². The highest BCUT2D eigenvalue weighted by Gasteiger charge is 2.08. The third kappa shape index (κ3) is 4.64. The van der Waals surface area contributed by atoms with Crippen molar-refractivity contribution >= 4 is 18.0 Å². The number of hydrogen-bond donors (Lipinski definition) is 0. The van der Waals surface area contributed by atoms with Crippen LogP contribution in [-0.4, -0.2) is 39.9 Å². The maximum atomic E-state index is 11.0. The maximum Gasteiger partial charge on any atom is 0.343 e. The van der Waals surface area contributed by atoms with E-state index in [9.17, 15) is 9.59 Å². The molecule has 0 N–H and O–H groups in total. The van der Waals surface area contributed by atoms with E-state index in [1.807, 2.05) is 0 Å². The lowest BCUT2D eigenvalue weighted by Gasteiger charge is -2.10. The molecule has 0 saturated heterocycles. The summed E-state index contributed by atoms with van der Waals surface area (Å²) in [5, 5.41) is 0. The molecule has 0 bridgehead atoms. The van der Waals surface area contributed by atoms with Gasteiger partial charge in [-0.05, 0) is 23.8 Å². The lowest BCUT2D eigenvalue weighted by atomic mass is 10.2. The summed E-state index contributed by atoms with van der Waals surface area (Å²) in [5.41, 5.74) is 0.734. The number of benzene rings is 1. The molecule has 0 radical (unpaired) electrons. The van der Waals surface area contributed by atoms with Crippen LogP contribution in [-0.2, 0) is 19.1 Å². The molecule has 6 heteroatoms. The Kier molecular flexibility index (Phi) is 6.09. The van der Waals surface area contributed by atoms with E-state index in [1.165, 1.54) is 27.4 Å². The summed E-state index contributed by atoms with van der Waals surface area (Å²) in [7, 11) is 4.06. The first-order valence-electron chi connectivity index (χ1n) is 5.74. The zero-order chi connectivity index (χ0) is 15.0. The van der Waals surface area contributed by atoms with Crippen molar-refractivity contribution < 1.29 is 28.5 Å². The predicted molar refractivity (Wildman–Crippen MR) is 71.6 cm³/mol. The van der Waals surface area contributed by atoms with Crippen molar-refractivity contribution in [2.24, 2.45) is 0 Å². The van der Waals surface area contributed by atoms with Crippen LogP contribution in [0.15, 0.2) is 24.3 Å². The van der Waals surface area contributed by atoms with Gasteiger partial charge in [-0.2, -0.15) is 0 Å². The van der Waals surface area contributed by atoms with E-state index in [4.69, 9.17) is 9.47 Å². The Bertz CT molecular complexity index is 506. The van der Waals surface area contributed by atoms with Gasteiger partial charge in [0.15, 0.2) is 18.1 Å². The third-order valence-electron chi connectivity index (χ3n) is 2.37. The van der Waals surface area contributed by atoms with Crippen molar-refractivity contribution in [3.05, 3.63) is 29.8 Å². The molecule has 0 heterocycles. The van der Waals surface area contributed by atoms with Crippen LogP contribution < -0.4 is 9.47 Å². The summed E-state index contributed by atoms with van der Waals surface area (Å²) in [6.07, 6.45) is 2.88. The van der Waals surface area contributed by atoms with Crippen LogP contribution in [0, 0.1) is 0 Å². The predicted octanol–water partition coefficient (Wildman–Crippen LogP) is 1.43. The summed E-state index contributed by atoms with van der Waals surface area (Å²) in [6, 6.07) is 5.03. The van der Waals surface area contributed by atoms with Crippen molar-refractivity contribution in [3.8, 4) is 11.5 Å². The first kappa shape index (κ1) is 15.6. The fourth-order valence-electron chi connectivity index (χ4n) is 1.34. The van der Waals surface area contributed by atoms with Gasteiger partial charge >= 0.3 is 11.9 Å². The third-order valence-corrected chi connectivity index (χ3v) is 2.37. The molecule has 0 atom stereocenters. The molecule has 108 valence electrons. The molecule has 1 aromatic carbocycles. The van der Waals surface area contributed by atoms with Crippen LogP contribution in [0.2, 0.25) is 0 Å². The van der Waals surface area contributed by atoms with Gasteiger partial charge in [0.25, 0.3) is 0 Å². The van der Waals surface area contributed by atoms with E-state index in [2.05, 4.69) is 9.47 Å². The van der Waals surface area contributed by atoms with E-state index in [1.54, 1.807) is 24.3 Å². The fourth-order valence-corrected chi connectivity index (χ4v) is 1.34. The van der Waals surface area contributed by atoms with Gasteiger partial charge in [-0.25, -0.2) is 9.59 Å². The Morgan fingerprint density at radius 2 is 1.85 bits per heavy atom. The second-order valence-corrected chi connectivity index (χ2v) is 3.63. The maximum absolute atomic E-state index is 11.0. The van der Waals surface area contributed by atoms with E-state index < -0.39 is 11.9 Å². The molecular formula is C14H16O6. The van der Waals surface area contributed by atoms with E-state index in [0.717, 1.165) is 5.56 Å². The number of methoxy groups -OCH3 is 3. The van der Waals surface area contributed by atoms with Gasteiger partial charge in [-0.15, -0.1) is 0 Å². The van der Waals surface area contributed by atoms with Gasteiger partial charge in [-0.1, -0.05) is 6.07 Å². The second-order valence-electron chi connectivity index (χ2n) is 3.63. The minimum absolute atomic E-state index is 0.204. The highest BCUT2D eigenvalue weighted by Crippen LogP contribution is 2.28. The number of carbonyl (C=O) groups is 2. The van der Waals surface area contributed by atoms with Crippen molar-refractivity contribution in [3.63, 3.8) is 0 Å². The molecule has 6 nitrogen and oxygen atoms in total. The van der Waals surface area contributed by atoms with E-state index in [-0.39, 0.29) is 6.61 Å². The molecule has 0 aliphatic rings. The van der Waals surface area contributed by atoms with Crippen molar-refractivity contribution in [2.75, 3.05) is 27.9 Å². The molecule has 0 fully saturated rings. The highest BCUT2D eigenvalue weighted by atomic mass is 16.6. The molecule has 1 rings (SSSR count). The van der Waals surface area contributed by atoms with Crippen LogP contribution >= 0.6 is 0 Å². The van der Waals surface area contributed by atoms with Gasteiger partial charge in [0.2, 0.25) is 0 Å². The van der Waals surface area contributed by atoms with E-state index in [0.29, 0.717) is 11.5 Å². The largest absolute Gasteiger partial charge is 0.493 e. The molecule has 0 aromatic heterocycles. The first-order valence-corrected chi connectivity index (χ1v) is 5.74. The number of ether oxygens (including phenoxy) is 4. The SMILES string of the molecule is COC(=O)C=Cc1ccc(OCC(=O)OC)c(OC)c1. The summed E-state index contributed by atoms with van der Waals surface area (Å²) < 4.78 is 19.4. The van der Waals surface area contributed by atoms with Crippen LogP contribution in [0.4, 0.5) is 0 Å². The molecular weight excluding hydrogens is 264 g/mol.